The highest BCUT2D eigenvalue weighted by Crippen LogP contribution is 2.18. The van der Waals surface area contributed by atoms with Gasteiger partial charge in [0, 0.05) is 6.04 Å². The molecule has 11 heteroatoms. The first-order valence-corrected chi connectivity index (χ1v) is 11.3. The Morgan fingerprint density at radius 3 is 2.40 bits per heavy atom. The van der Waals surface area contributed by atoms with Crippen molar-refractivity contribution in [3.63, 3.8) is 0 Å². The van der Waals surface area contributed by atoms with E-state index in [2.05, 4.69) is 20.8 Å². The molecule has 2 aromatic rings. The highest BCUT2D eigenvalue weighted by molar-refractivity contribution is 7.90. The monoisotopic (exact) mass is 435 g/mol. The van der Waals surface area contributed by atoms with Crippen LogP contribution in [0.25, 0.3) is 0 Å². The van der Waals surface area contributed by atoms with Gasteiger partial charge in [-0.25, -0.2) is 17.9 Å². The summed E-state index contributed by atoms with van der Waals surface area (Å²) in [7, 11) is -4.00. The highest BCUT2D eigenvalue weighted by Gasteiger charge is 2.22. The first kappa shape index (κ1) is 21.8. The van der Waals surface area contributed by atoms with Crippen LogP contribution in [0, 0.1) is 6.92 Å². The Bertz CT molecular complexity index is 997. The molecule has 3 rings (SSSR count). The molecule has 1 atom stereocenters. The quantitative estimate of drug-likeness (QED) is 0.631. The minimum absolute atomic E-state index is 0.00317. The Morgan fingerprint density at radius 1 is 1.13 bits per heavy atom. The van der Waals surface area contributed by atoms with E-state index in [0.29, 0.717) is 11.4 Å². The highest BCUT2D eigenvalue weighted by atomic mass is 32.2. The third kappa shape index (κ3) is 5.56. The number of benzene rings is 1. The molecular formula is C19H25N5O5S. The molecule has 0 aliphatic heterocycles. The van der Waals surface area contributed by atoms with Crippen molar-refractivity contribution in [3.05, 3.63) is 41.5 Å². The Labute approximate surface area is 174 Å². The first-order chi connectivity index (χ1) is 14.2. The molecule has 10 nitrogen and oxygen atoms in total. The molecule has 0 saturated heterocycles. The lowest BCUT2D eigenvalue weighted by atomic mass is 9.96. The zero-order valence-electron chi connectivity index (χ0n) is 16.8. The maximum atomic E-state index is 12.5. The maximum absolute atomic E-state index is 12.5. The molecule has 1 fully saturated rings. The molecule has 1 unspecified atom stereocenters. The van der Waals surface area contributed by atoms with Crippen molar-refractivity contribution in [2.24, 2.45) is 0 Å². The Morgan fingerprint density at radius 2 is 1.80 bits per heavy atom. The first-order valence-electron chi connectivity index (χ1n) is 9.79. The van der Waals surface area contributed by atoms with Gasteiger partial charge in [0.2, 0.25) is 0 Å². The summed E-state index contributed by atoms with van der Waals surface area (Å²) >= 11 is 0. The summed E-state index contributed by atoms with van der Waals surface area (Å²) in [6, 6.07) is 4.75. The van der Waals surface area contributed by atoms with Crippen molar-refractivity contribution in [1.29, 1.82) is 0 Å². The van der Waals surface area contributed by atoms with Crippen molar-refractivity contribution in [3.8, 4) is 0 Å². The summed E-state index contributed by atoms with van der Waals surface area (Å²) in [5.74, 6) is -0.324. The molecule has 0 spiro atoms. The van der Waals surface area contributed by atoms with Crippen LogP contribution in [0.15, 0.2) is 33.7 Å². The third-order valence-electron chi connectivity index (χ3n) is 4.93. The number of nitrogens with zero attached hydrogens (tertiary/aromatic N) is 2. The second-order valence-corrected chi connectivity index (χ2v) is 9.01. The largest absolute Gasteiger partial charge is 0.341 e. The van der Waals surface area contributed by atoms with Crippen LogP contribution in [0.5, 0.6) is 0 Å². The van der Waals surface area contributed by atoms with Gasteiger partial charge in [0.15, 0.2) is 5.82 Å². The van der Waals surface area contributed by atoms with Crippen molar-refractivity contribution >= 4 is 22.0 Å². The third-order valence-corrected chi connectivity index (χ3v) is 6.27. The normalized spacial score (nSPS) is 15.9. The number of sulfonamides is 1. The molecule has 0 bridgehead atoms. The van der Waals surface area contributed by atoms with E-state index in [1.807, 2.05) is 4.72 Å². The fourth-order valence-corrected chi connectivity index (χ4v) is 4.22. The van der Waals surface area contributed by atoms with Gasteiger partial charge in [0.1, 0.15) is 0 Å². The lowest BCUT2D eigenvalue weighted by Gasteiger charge is -2.22. The number of hydrogen-bond donors (Lipinski definition) is 3. The number of nitrogens with one attached hydrogen (secondary N) is 3. The van der Waals surface area contributed by atoms with Crippen LogP contribution in [0.3, 0.4) is 0 Å². The number of amides is 3. The smallest absolute Gasteiger partial charge is 0.328 e. The van der Waals surface area contributed by atoms with Gasteiger partial charge in [-0.05, 0) is 44.4 Å². The Kier molecular flexibility index (Phi) is 6.70. The molecule has 1 aromatic heterocycles. The lowest BCUT2D eigenvalue weighted by molar-refractivity contribution is 0.0895. The zero-order valence-corrected chi connectivity index (χ0v) is 17.7. The van der Waals surface area contributed by atoms with Crippen molar-refractivity contribution < 1.29 is 22.5 Å². The molecule has 30 heavy (non-hydrogen) atoms. The average molecular weight is 436 g/mol. The molecule has 1 aromatic carbocycles. The van der Waals surface area contributed by atoms with E-state index >= 15 is 0 Å². The van der Waals surface area contributed by atoms with E-state index in [1.165, 1.54) is 12.1 Å². The van der Waals surface area contributed by atoms with Crippen LogP contribution in [0.4, 0.5) is 4.79 Å². The van der Waals surface area contributed by atoms with E-state index in [1.54, 1.807) is 26.0 Å². The zero-order chi connectivity index (χ0) is 21.7. The molecule has 3 N–H and O–H groups in total. The van der Waals surface area contributed by atoms with Crippen LogP contribution in [0.1, 0.15) is 67.1 Å². The van der Waals surface area contributed by atoms with Gasteiger partial charge in [-0.15, -0.1) is 0 Å². The number of hydrogen-bond acceptors (Lipinski definition) is 7. The summed E-state index contributed by atoms with van der Waals surface area (Å²) in [5, 5.41) is 8.98. The van der Waals surface area contributed by atoms with Crippen LogP contribution in [0.2, 0.25) is 0 Å². The van der Waals surface area contributed by atoms with E-state index in [0.717, 1.165) is 32.1 Å². The van der Waals surface area contributed by atoms with Gasteiger partial charge in [-0.3, -0.25) is 4.79 Å². The summed E-state index contributed by atoms with van der Waals surface area (Å²) in [6.45, 7) is 3.34. The Balaban J connectivity index is 1.59. The van der Waals surface area contributed by atoms with E-state index < -0.39 is 28.0 Å². The molecule has 0 radical (unpaired) electrons. The molecule has 162 valence electrons. The number of aromatic nitrogens is 2. The summed E-state index contributed by atoms with van der Waals surface area (Å²) in [5.41, 5.74) is 0.671. The van der Waals surface area contributed by atoms with Gasteiger partial charge in [0.05, 0.1) is 10.9 Å². The second kappa shape index (κ2) is 9.24. The van der Waals surface area contributed by atoms with Gasteiger partial charge < -0.3 is 15.2 Å². The standard InChI is InChI=1S/C19H25N5O5S/c1-12(20-17(25)18-21-13(2)23-29-18)14-8-10-16(11-9-14)30(27,28)24-19(26)22-15-6-4-3-5-7-15/h8-12,15H,3-7H2,1-2H3,(H,20,25)(H2,22,24,26). The van der Waals surface area contributed by atoms with Crippen LogP contribution in [-0.2, 0) is 10.0 Å². The predicted octanol–water partition coefficient (Wildman–Crippen LogP) is 2.19. The molecule has 1 heterocycles. The van der Waals surface area contributed by atoms with Crippen molar-refractivity contribution in [1.82, 2.24) is 25.5 Å². The lowest BCUT2D eigenvalue weighted by Crippen LogP contribution is -2.45. The molecule has 3 amide bonds. The predicted molar refractivity (Wildman–Crippen MR) is 107 cm³/mol. The van der Waals surface area contributed by atoms with E-state index in [4.69, 9.17) is 4.52 Å². The molecule has 1 aliphatic rings. The Hall–Kier alpha value is -2.95. The molecule has 1 aliphatic carbocycles. The fourth-order valence-electron chi connectivity index (χ4n) is 3.31. The van der Waals surface area contributed by atoms with Gasteiger partial charge >= 0.3 is 17.8 Å². The van der Waals surface area contributed by atoms with Gasteiger partial charge in [-0.1, -0.05) is 36.6 Å². The maximum Gasteiger partial charge on any atom is 0.328 e. The number of urea groups is 1. The van der Waals surface area contributed by atoms with E-state index in [9.17, 15) is 18.0 Å². The topological polar surface area (TPSA) is 143 Å². The number of carbonyl (C=O) groups is 2. The van der Waals surface area contributed by atoms with Gasteiger partial charge in [0.25, 0.3) is 10.0 Å². The summed E-state index contributed by atoms with van der Waals surface area (Å²) < 4.78 is 31.8. The number of aryl methyl sites for hydroxylation is 1. The minimum atomic E-state index is -4.00. The van der Waals surface area contributed by atoms with Crippen LogP contribution in [-0.4, -0.2) is 36.5 Å². The van der Waals surface area contributed by atoms with Crippen LogP contribution >= 0.6 is 0 Å². The minimum Gasteiger partial charge on any atom is -0.341 e. The molecule has 1 saturated carbocycles. The fraction of sp³-hybridized carbons (Fsp3) is 0.474. The van der Waals surface area contributed by atoms with Crippen molar-refractivity contribution in [2.45, 2.75) is 62.9 Å². The van der Waals surface area contributed by atoms with Crippen LogP contribution < -0.4 is 15.4 Å². The average Bonchev–Trinajstić information content (AvgIpc) is 3.15. The van der Waals surface area contributed by atoms with Gasteiger partial charge in [-0.2, -0.15) is 4.98 Å². The van der Waals surface area contributed by atoms with E-state index in [-0.39, 0.29) is 16.8 Å². The summed E-state index contributed by atoms with van der Waals surface area (Å²) in [6.07, 6.45) is 4.90. The van der Waals surface area contributed by atoms with Crippen molar-refractivity contribution in [2.75, 3.05) is 0 Å². The second-order valence-electron chi connectivity index (χ2n) is 7.32. The summed E-state index contributed by atoms with van der Waals surface area (Å²) in [4.78, 5) is 28.0. The number of rotatable bonds is 6. The number of carbonyl (C=O) groups excluding carboxylic acids is 2. The SMILES string of the molecule is Cc1noc(C(=O)NC(C)c2ccc(S(=O)(=O)NC(=O)NC3CCCCC3)cc2)n1. The molecular weight excluding hydrogens is 410 g/mol.